The number of thiol groups is 1. The largest absolute Gasteiger partial charge is 0.313 e. The van der Waals surface area contributed by atoms with Crippen molar-refractivity contribution < 1.29 is 0 Å². The maximum Gasteiger partial charge on any atom is 0.264 e. The van der Waals surface area contributed by atoms with Crippen LogP contribution in [0.2, 0.25) is 0 Å². The highest BCUT2D eigenvalue weighted by atomic mass is 79.9. The van der Waals surface area contributed by atoms with Crippen LogP contribution in [-0.2, 0) is 6.54 Å². The van der Waals surface area contributed by atoms with Crippen molar-refractivity contribution in [1.29, 1.82) is 0 Å². The van der Waals surface area contributed by atoms with Gasteiger partial charge in [0.15, 0.2) is 0 Å². The lowest BCUT2D eigenvalue weighted by Crippen LogP contribution is -2.35. The smallest absolute Gasteiger partial charge is 0.264 e. The third kappa shape index (κ3) is 3.23. The standard InChI is InChI=1S/C13H17Br2NOS/c14-10-6-11(15)12(17)16(7-10)8-13(9-18)4-2-1-3-5-13/h6-7,18H,1-5,8-9H2. The molecular formula is C13H17Br2NOS. The number of pyridine rings is 1. The second-order valence-corrected chi connectivity index (χ2v) is 7.24. The van der Waals surface area contributed by atoms with Gasteiger partial charge in [0.05, 0.1) is 4.47 Å². The molecule has 1 heterocycles. The average molecular weight is 395 g/mol. The van der Waals surface area contributed by atoms with E-state index in [-0.39, 0.29) is 11.0 Å². The monoisotopic (exact) mass is 393 g/mol. The summed E-state index contributed by atoms with van der Waals surface area (Å²) in [5.74, 6) is 0.851. The Labute approximate surface area is 130 Å². The van der Waals surface area contributed by atoms with Crippen molar-refractivity contribution >= 4 is 44.5 Å². The highest BCUT2D eigenvalue weighted by molar-refractivity contribution is 9.11. The van der Waals surface area contributed by atoms with Gasteiger partial charge in [-0.2, -0.15) is 12.6 Å². The first-order valence-electron chi connectivity index (χ1n) is 6.23. The fourth-order valence-electron chi connectivity index (χ4n) is 2.71. The van der Waals surface area contributed by atoms with Gasteiger partial charge in [-0.15, -0.1) is 0 Å². The van der Waals surface area contributed by atoms with Crippen molar-refractivity contribution in [1.82, 2.24) is 4.57 Å². The molecule has 0 aromatic carbocycles. The van der Waals surface area contributed by atoms with Gasteiger partial charge >= 0.3 is 0 Å². The third-order valence-corrected chi connectivity index (χ3v) is 5.44. The van der Waals surface area contributed by atoms with E-state index in [2.05, 4.69) is 44.5 Å². The summed E-state index contributed by atoms with van der Waals surface area (Å²) in [4.78, 5) is 12.1. The molecule has 0 aliphatic heterocycles. The van der Waals surface area contributed by atoms with Crippen LogP contribution in [0.5, 0.6) is 0 Å². The highest BCUT2D eigenvalue weighted by Crippen LogP contribution is 2.38. The van der Waals surface area contributed by atoms with E-state index in [0.717, 1.165) is 16.8 Å². The van der Waals surface area contributed by atoms with Crippen molar-refractivity contribution in [2.45, 2.75) is 38.6 Å². The van der Waals surface area contributed by atoms with Gasteiger partial charge < -0.3 is 4.57 Å². The van der Waals surface area contributed by atoms with Crippen molar-refractivity contribution in [2.75, 3.05) is 5.75 Å². The van der Waals surface area contributed by atoms with Crippen LogP contribution < -0.4 is 5.56 Å². The molecule has 18 heavy (non-hydrogen) atoms. The third-order valence-electron chi connectivity index (χ3n) is 3.76. The predicted octanol–water partition coefficient (Wildman–Crippen LogP) is 4.25. The summed E-state index contributed by atoms with van der Waals surface area (Å²) >= 11 is 11.3. The van der Waals surface area contributed by atoms with Crippen molar-refractivity contribution in [3.63, 3.8) is 0 Å². The van der Waals surface area contributed by atoms with E-state index >= 15 is 0 Å². The minimum absolute atomic E-state index is 0.0462. The number of hydrogen-bond acceptors (Lipinski definition) is 2. The molecule has 0 atom stereocenters. The molecule has 1 aromatic heterocycles. The van der Waals surface area contributed by atoms with Gasteiger partial charge in [0.1, 0.15) is 0 Å². The molecule has 0 spiro atoms. The van der Waals surface area contributed by atoms with E-state index in [1.165, 1.54) is 32.1 Å². The molecule has 2 rings (SSSR count). The quantitative estimate of drug-likeness (QED) is 0.760. The second kappa shape index (κ2) is 6.14. The van der Waals surface area contributed by atoms with Crippen molar-refractivity contribution in [2.24, 2.45) is 5.41 Å². The van der Waals surface area contributed by atoms with Crippen LogP contribution in [0.15, 0.2) is 26.0 Å². The normalized spacial score (nSPS) is 18.8. The van der Waals surface area contributed by atoms with Gasteiger partial charge in [-0.25, -0.2) is 0 Å². The summed E-state index contributed by atoms with van der Waals surface area (Å²) in [6.07, 6.45) is 8.05. The number of aromatic nitrogens is 1. The van der Waals surface area contributed by atoms with Gasteiger partial charge in [0.2, 0.25) is 0 Å². The fraction of sp³-hybridized carbons (Fsp3) is 0.615. The number of nitrogens with zero attached hydrogens (tertiary/aromatic N) is 1. The first-order valence-corrected chi connectivity index (χ1v) is 8.45. The van der Waals surface area contributed by atoms with Gasteiger partial charge in [-0.3, -0.25) is 4.79 Å². The minimum Gasteiger partial charge on any atom is -0.313 e. The van der Waals surface area contributed by atoms with E-state index in [0.29, 0.717) is 4.47 Å². The topological polar surface area (TPSA) is 22.0 Å². The number of halogens is 2. The Balaban J connectivity index is 2.29. The van der Waals surface area contributed by atoms with E-state index in [9.17, 15) is 4.79 Å². The lowest BCUT2D eigenvalue weighted by molar-refractivity contribution is 0.187. The lowest BCUT2D eigenvalue weighted by Gasteiger charge is -2.36. The first kappa shape index (κ1) is 14.7. The van der Waals surface area contributed by atoms with Crippen LogP contribution in [-0.4, -0.2) is 10.3 Å². The maximum atomic E-state index is 12.1. The SMILES string of the molecule is O=c1c(Br)cc(Br)cn1CC1(CS)CCCCC1. The molecule has 0 radical (unpaired) electrons. The van der Waals surface area contributed by atoms with Crippen LogP contribution in [0.3, 0.4) is 0 Å². The summed E-state index contributed by atoms with van der Waals surface area (Å²) in [7, 11) is 0. The highest BCUT2D eigenvalue weighted by Gasteiger charge is 2.31. The molecule has 1 saturated carbocycles. The average Bonchev–Trinajstić information content (AvgIpc) is 2.36. The van der Waals surface area contributed by atoms with Gasteiger partial charge in [0.25, 0.3) is 5.56 Å². The number of hydrogen-bond donors (Lipinski definition) is 1. The van der Waals surface area contributed by atoms with Gasteiger partial charge in [-0.05, 0) is 61.9 Å². The molecular weight excluding hydrogens is 378 g/mol. The zero-order valence-corrected chi connectivity index (χ0v) is 14.2. The van der Waals surface area contributed by atoms with Crippen molar-refractivity contribution in [3.8, 4) is 0 Å². The molecule has 5 heteroatoms. The van der Waals surface area contributed by atoms with E-state index in [1.54, 1.807) is 6.07 Å². The van der Waals surface area contributed by atoms with Gasteiger partial charge in [-0.1, -0.05) is 19.3 Å². The second-order valence-electron chi connectivity index (χ2n) is 5.16. The zero-order chi connectivity index (χ0) is 13.2. The van der Waals surface area contributed by atoms with Crippen molar-refractivity contribution in [3.05, 3.63) is 31.6 Å². The molecule has 0 N–H and O–H groups in total. The lowest BCUT2D eigenvalue weighted by atomic mass is 9.75. The molecule has 100 valence electrons. The van der Waals surface area contributed by atoms with Crippen LogP contribution in [0.25, 0.3) is 0 Å². The Morgan fingerprint density at radius 2 is 1.94 bits per heavy atom. The maximum absolute atomic E-state index is 12.1. The predicted molar refractivity (Wildman–Crippen MR) is 85.5 cm³/mol. The summed E-state index contributed by atoms with van der Waals surface area (Å²) in [6.45, 7) is 0.771. The summed E-state index contributed by atoms with van der Waals surface area (Å²) in [5.41, 5.74) is 0.232. The number of rotatable bonds is 3. The Kier molecular flexibility index (Phi) is 5.00. The summed E-state index contributed by atoms with van der Waals surface area (Å²) in [5, 5.41) is 0. The first-order chi connectivity index (χ1) is 8.56. The van der Waals surface area contributed by atoms with E-state index in [1.807, 2.05) is 10.8 Å². The Hall–Kier alpha value is 0.260. The molecule has 0 saturated heterocycles. The summed E-state index contributed by atoms with van der Waals surface area (Å²) in [6, 6.07) is 1.80. The summed E-state index contributed by atoms with van der Waals surface area (Å²) < 4.78 is 3.36. The van der Waals surface area contributed by atoms with Crippen LogP contribution in [0.1, 0.15) is 32.1 Å². The fourth-order valence-corrected chi connectivity index (χ4v) is 4.39. The molecule has 0 amide bonds. The van der Waals surface area contributed by atoms with Crippen LogP contribution in [0.4, 0.5) is 0 Å². The van der Waals surface area contributed by atoms with Gasteiger partial charge in [0, 0.05) is 17.2 Å². The molecule has 1 fully saturated rings. The Morgan fingerprint density at radius 1 is 1.28 bits per heavy atom. The van der Waals surface area contributed by atoms with E-state index < -0.39 is 0 Å². The molecule has 1 aliphatic rings. The molecule has 1 aromatic rings. The molecule has 2 nitrogen and oxygen atoms in total. The molecule has 0 unspecified atom stereocenters. The molecule has 0 bridgehead atoms. The Morgan fingerprint density at radius 3 is 2.56 bits per heavy atom. The van der Waals surface area contributed by atoms with Crippen LogP contribution in [0, 0.1) is 5.41 Å². The Bertz CT molecular complexity index is 480. The zero-order valence-electron chi connectivity index (χ0n) is 10.2. The van der Waals surface area contributed by atoms with Crippen LogP contribution >= 0.6 is 44.5 Å². The molecule has 1 aliphatic carbocycles. The minimum atomic E-state index is 0.0462. The van der Waals surface area contributed by atoms with E-state index in [4.69, 9.17) is 0 Å².